The first-order chi connectivity index (χ1) is 9.08. The fraction of sp³-hybridized carbons (Fsp3) is 0.562. The van der Waals surface area contributed by atoms with Crippen molar-refractivity contribution in [2.75, 3.05) is 7.05 Å². The van der Waals surface area contributed by atoms with Gasteiger partial charge in [-0.3, -0.25) is 4.79 Å². The number of nitrogens with zero attached hydrogens (tertiary/aromatic N) is 1. The lowest BCUT2D eigenvalue weighted by Crippen LogP contribution is -2.44. The molecule has 1 amide bonds. The maximum absolute atomic E-state index is 12.3. The summed E-state index contributed by atoms with van der Waals surface area (Å²) < 4.78 is 0. The quantitative estimate of drug-likeness (QED) is 0.777. The van der Waals surface area contributed by atoms with Gasteiger partial charge in [-0.05, 0) is 25.3 Å². The first-order valence-corrected chi connectivity index (χ1v) is 7.95. The molecule has 0 aliphatic heterocycles. The smallest absolute Gasteiger partial charge is 0.227 e. The summed E-state index contributed by atoms with van der Waals surface area (Å²) in [5.74, 6) is 0.222. The van der Waals surface area contributed by atoms with Gasteiger partial charge in [-0.2, -0.15) is 0 Å². The van der Waals surface area contributed by atoms with Crippen molar-refractivity contribution in [3.63, 3.8) is 0 Å². The molecule has 2 atom stereocenters. The van der Waals surface area contributed by atoms with Gasteiger partial charge < -0.3 is 4.90 Å². The minimum absolute atomic E-state index is 0.222. The van der Waals surface area contributed by atoms with E-state index in [9.17, 15) is 4.79 Å². The summed E-state index contributed by atoms with van der Waals surface area (Å²) in [6.07, 6.45) is 5.30. The largest absolute Gasteiger partial charge is 0.341 e. The Balaban J connectivity index is 1.96. The Kier molecular flexibility index (Phi) is 5.03. The van der Waals surface area contributed by atoms with Gasteiger partial charge in [0.15, 0.2) is 0 Å². The average molecular weight is 324 g/mol. The van der Waals surface area contributed by atoms with E-state index in [1.807, 2.05) is 24.1 Å². The van der Waals surface area contributed by atoms with Gasteiger partial charge >= 0.3 is 0 Å². The Morgan fingerprint density at radius 1 is 1.26 bits per heavy atom. The van der Waals surface area contributed by atoms with Crippen molar-refractivity contribution in [1.82, 2.24) is 4.90 Å². The van der Waals surface area contributed by atoms with Gasteiger partial charge in [0.1, 0.15) is 0 Å². The lowest BCUT2D eigenvalue weighted by atomic mass is 9.94. The molecule has 1 aliphatic rings. The van der Waals surface area contributed by atoms with Crippen LogP contribution < -0.4 is 0 Å². The number of likely N-dealkylation sites (N-methyl/N-ethyl adjacent to an activating group) is 1. The van der Waals surface area contributed by atoms with E-state index >= 15 is 0 Å². The van der Waals surface area contributed by atoms with Crippen LogP contribution in [0.4, 0.5) is 0 Å². The standard InChI is InChI=1S/C16H22BrNO/c1-12-7-9-13(10-8-12)11-16(19)18(2)15-6-4-3-5-14(15)17/h7-10,14-15H,3-6,11H2,1-2H3. The number of carbonyl (C=O) groups is 1. The van der Waals surface area contributed by atoms with Gasteiger partial charge in [0.2, 0.25) is 5.91 Å². The lowest BCUT2D eigenvalue weighted by molar-refractivity contribution is -0.131. The van der Waals surface area contributed by atoms with E-state index in [2.05, 4.69) is 35.0 Å². The maximum Gasteiger partial charge on any atom is 0.227 e. The van der Waals surface area contributed by atoms with Crippen molar-refractivity contribution in [1.29, 1.82) is 0 Å². The molecule has 0 heterocycles. The Bertz CT molecular complexity index is 429. The van der Waals surface area contributed by atoms with Crippen LogP contribution >= 0.6 is 15.9 Å². The molecule has 0 N–H and O–H groups in total. The van der Waals surface area contributed by atoms with E-state index in [1.54, 1.807) is 0 Å². The van der Waals surface area contributed by atoms with Crippen molar-refractivity contribution in [2.24, 2.45) is 0 Å². The molecule has 1 saturated carbocycles. The van der Waals surface area contributed by atoms with E-state index in [-0.39, 0.29) is 5.91 Å². The number of carbonyl (C=O) groups excluding carboxylic acids is 1. The number of aryl methyl sites for hydroxylation is 1. The summed E-state index contributed by atoms with van der Waals surface area (Å²) in [4.78, 5) is 14.7. The molecule has 2 rings (SSSR count). The van der Waals surface area contributed by atoms with Crippen LogP contribution in [0, 0.1) is 6.92 Å². The SMILES string of the molecule is Cc1ccc(CC(=O)N(C)C2CCCCC2Br)cc1. The summed E-state index contributed by atoms with van der Waals surface area (Å²) in [6.45, 7) is 2.06. The Morgan fingerprint density at radius 3 is 2.53 bits per heavy atom. The molecule has 2 nitrogen and oxygen atoms in total. The third-order valence-electron chi connectivity index (χ3n) is 4.01. The van der Waals surface area contributed by atoms with E-state index in [1.165, 1.54) is 24.8 Å². The van der Waals surface area contributed by atoms with E-state index < -0.39 is 0 Å². The van der Waals surface area contributed by atoms with Crippen LogP contribution in [-0.2, 0) is 11.2 Å². The minimum Gasteiger partial charge on any atom is -0.341 e. The predicted octanol–water partition coefficient (Wildman–Crippen LogP) is 3.70. The number of amides is 1. The number of rotatable bonds is 3. The fourth-order valence-corrected chi connectivity index (χ4v) is 3.64. The van der Waals surface area contributed by atoms with Crippen molar-refractivity contribution < 1.29 is 4.79 Å². The molecule has 1 aromatic carbocycles. The molecule has 2 unspecified atom stereocenters. The first-order valence-electron chi connectivity index (χ1n) is 7.03. The van der Waals surface area contributed by atoms with Crippen molar-refractivity contribution in [3.8, 4) is 0 Å². The summed E-state index contributed by atoms with van der Waals surface area (Å²) in [7, 11) is 1.95. The summed E-state index contributed by atoms with van der Waals surface area (Å²) in [5.41, 5.74) is 2.33. The number of benzene rings is 1. The number of halogens is 1. The number of hydrogen-bond acceptors (Lipinski definition) is 1. The molecule has 1 aromatic rings. The lowest BCUT2D eigenvalue weighted by Gasteiger charge is -2.35. The first kappa shape index (κ1) is 14.6. The highest BCUT2D eigenvalue weighted by Gasteiger charge is 2.28. The Labute approximate surface area is 124 Å². The van der Waals surface area contributed by atoms with Gasteiger partial charge in [-0.15, -0.1) is 0 Å². The van der Waals surface area contributed by atoms with Gasteiger partial charge in [0.25, 0.3) is 0 Å². The van der Waals surface area contributed by atoms with Crippen LogP contribution in [0.2, 0.25) is 0 Å². The van der Waals surface area contributed by atoms with Crippen molar-refractivity contribution in [3.05, 3.63) is 35.4 Å². The number of hydrogen-bond donors (Lipinski definition) is 0. The molecule has 0 bridgehead atoms. The summed E-state index contributed by atoms with van der Waals surface area (Å²) >= 11 is 3.72. The van der Waals surface area contributed by atoms with E-state index in [0.29, 0.717) is 17.3 Å². The zero-order valence-electron chi connectivity index (χ0n) is 11.7. The molecule has 0 saturated heterocycles. The van der Waals surface area contributed by atoms with Crippen molar-refractivity contribution in [2.45, 2.75) is 49.9 Å². The highest BCUT2D eigenvalue weighted by Crippen LogP contribution is 2.28. The molecule has 0 radical (unpaired) electrons. The molecule has 1 fully saturated rings. The molecule has 0 aromatic heterocycles. The second-order valence-electron chi connectivity index (χ2n) is 5.53. The van der Waals surface area contributed by atoms with E-state index in [4.69, 9.17) is 0 Å². The Hall–Kier alpha value is -0.830. The fourth-order valence-electron chi connectivity index (χ4n) is 2.69. The zero-order chi connectivity index (χ0) is 13.8. The monoisotopic (exact) mass is 323 g/mol. The molecular formula is C16H22BrNO. The highest BCUT2D eigenvalue weighted by molar-refractivity contribution is 9.09. The van der Waals surface area contributed by atoms with Crippen LogP contribution in [0.5, 0.6) is 0 Å². The van der Waals surface area contributed by atoms with E-state index in [0.717, 1.165) is 12.0 Å². The average Bonchev–Trinajstić information content (AvgIpc) is 2.41. The highest BCUT2D eigenvalue weighted by atomic mass is 79.9. The van der Waals surface area contributed by atoms with Gasteiger partial charge in [0, 0.05) is 17.9 Å². The third-order valence-corrected chi connectivity index (χ3v) is 5.08. The van der Waals surface area contributed by atoms with Crippen LogP contribution in [0.1, 0.15) is 36.8 Å². The molecule has 19 heavy (non-hydrogen) atoms. The Morgan fingerprint density at radius 2 is 1.89 bits per heavy atom. The topological polar surface area (TPSA) is 20.3 Å². The number of alkyl halides is 1. The summed E-state index contributed by atoms with van der Waals surface area (Å²) in [6, 6.07) is 8.58. The van der Waals surface area contributed by atoms with Crippen LogP contribution in [-0.4, -0.2) is 28.7 Å². The van der Waals surface area contributed by atoms with Gasteiger partial charge in [0.05, 0.1) is 6.42 Å². The van der Waals surface area contributed by atoms with Crippen molar-refractivity contribution >= 4 is 21.8 Å². The normalized spacial score (nSPS) is 23.1. The summed E-state index contributed by atoms with van der Waals surface area (Å²) in [5, 5.41) is 0. The molecule has 3 heteroatoms. The third kappa shape index (κ3) is 3.82. The molecule has 0 spiro atoms. The molecule has 1 aliphatic carbocycles. The van der Waals surface area contributed by atoms with Crippen LogP contribution in [0.3, 0.4) is 0 Å². The molecule has 104 valence electrons. The predicted molar refractivity (Wildman–Crippen MR) is 82.6 cm³/mol. The second kappa shape index (κ2) is 6.56. The van der Waals surface area contributed by atoms with Crippen LogP contribution in [0.15, 0.2) is 24.3 Å². The van der Waals surface area contributed by atoms with Gasteiger partial charge in [-0.1, -0.05) is 58.6 Å². The second-order valence-corrected chi connectivity index (χ2v) is 6.71. The van der Waals surface area contributed by atoms with Crippen LogP contribution in [0.25, 0.3) is 0 Å². The minimum atomic E-state index is 0.222. The van der Waals surface area contributed by atoms with Gasteiger partial charge in [-0.25, -0.2) is 0 Å². The zero-order valence-corrected chi connectivity index (χ0v) is 13.3. The maximum atomic E-state index is 12.3. The molecular weight excluding hydrogens is 302 g/mol.